The molecule has 1 heterocycles. The Balaban J connectivity index is 2.20. The zero-order valence-corrected chi connectivity index (χ0v) is 11.1. The molecule has 0 aliphatic carbocycles. The summed E-state index contributed by atoms with van der Waals surface area (Å²) < 4.78 is 19.1. The molecule has 0 atom stereocenters. The number of aromatic nitrogens is 2. The van der Waals surface area contributed by atoms with Crippen LogP contribution in [0.15, 0.2) is 36.5 Å². The van der Waals surface area contributed by atoms with Gasteiger partial charge in [-0.15, -0.1) is 0 Å². The lowest BCUT2D eigenvalue weighted by Gasteiger charge is -2.08. The van der Waals surface area contributed by atoms with Crippen molar-refractivity contribution >= 4 is 16.9 Å². The van der Waals surface area contributed by atoms with Gasteiger partial charge >= 0.3 is 5.97 Å². The second-order valence-corrected chi connectivity index (χ2v) is 4.56. The fraction of sp³-hybridized carbons (Fsp3) is 0.0667. The lowest BCUT2D eigenvalue weighted by Crippen LogP contribution is -2.01. The van der Waals surface area contributed by atoms with Gasteiger partial charge in [0.1, 0.15) is 17.3 Å². The molecule has 5 nitrogen and oxygen atoms in total. The highest BCUT2D eigenvalue weighted by molar-refractivity contribution is 5.91. The molecule has 2 aromatic carbocycles. The third-order valence-corrected chi connectivity index (χ3v) is 3.04. The van der Waals surface area contributed by atoms with Crippen LogP contribution in [0.1, 0.15) is 6.92 Å². The molecule has 6 heteroatoms. The summed E-state index contributed by atoms with van der Waals surface area (Å²) in [4.78, 5) is 11.2. The van der Waals surface area contributed by atoms with Gasteiger partial charge in [-0.1, -0.05) is 0 Å². The molecular weight excluding hydrogens is 275 g/mol. The van der Waals surface area contributed by atoms with E-state index in [2.05, 4.69) is 10.2 Å². The molecule has 2 N–H and O–H groups in total. The zero-order chi connectivity index (χ0) is 15.0. The molecule has 0 fully saturated rings. The van der Waals surface area contributed by atoms with E-state index in [9.17, 15) is 14.3 Å². The molecule has 0 saturated carbocycles. The predicted molar refractivity (Wildman–Crippen MR) is 74.5 cm³/mol. The summed E-state index contributed by atoms with van der Waals surface area (Å²) >= 11 is 0. The Morgan fingerprint density at radius 1 is 1.33 bits per heavy atom. The molecule has 106 valence electrons. The minimum Gasteiger partial charge on any atom is -0.508 e. The molecule has 0 saturated heterocycles. The highest BCUT2D eigenvalue weighted by atomic mass is 19.1. The van der Waals surface area contributed by atoms with E-state index < -0.39 is 11.8 Å². The summed E-state index contributed by atoms with van der Waals surface area (Å²) in [6.45, 7) is 1.29. The van der Waals surface area contributed by atoms with Crippen molar-refractivity contribution in [2.75, 3.05) is 0 Å². The van der Waals surface area contributed by atoms with Crippen molar-refractivity contribution in [2.45, 2.75) is 6.92 Å². The van der Waals surface area contributed by atoms with Crippen LogP contribution in [0.5, 0.6) is 11.5 Å². The average molecular weight is 286 g/mol. The normalized spacial score (nSPS) is 10.8. The number of carbonyl (C=O) groups is 1. The van der Waals surface area contributed by atoms with Gasteiger partial charge in [0.05, 0.1) is 17.1 Å². The van der Waals surface area contributed by atoms with E-state index >= 15 is 0 Å². The Hall–Kier alpha value is -2.89. The van der Waals surface area contributed by atoms with E-state index in [1.54, 1.807) is 12.1 Å². The molecule has 3 aromatic rings. The maximum atomic E-state index is 14.0. The number of hydrogen-bond donors (Lipinski definition) is 2. The topological polar surface area (TPSA) is 75.2 Å². The van der Waals surface area contributed by atoms with Gasteiger partial charge in [0.2, 0.25) is 0 Å². The summed E-state index contributed by atoms with van der Waals surface area (Å²) in [6, 6.07) is 7.14. The molecule has 21 heavy (non-hydrogen) atoms. The first-order valence-electron chi connectivity index (χ1n) is 6.19. The molecule has 0 aliphatic rings. The number of ether oxygens (including phenoxy) is 1. The molecule has 0 spiro atoms. The molecule has 0 radical (unpaired) electrons. The first kappa shape index (κ1) is 13.1. The molecule has 3 rings (SSSR count). The van der Waals surface area contributed by atoms with Crippen molar-refractivity contribution < 1.29 is 19.0 Å². The number of hydrogen-bond acceptors (Lipinski definition) is 4. The number of carbonyl (C=O) groups excluding carboxylic acids is 1. The van der Waals surface area contributed by atoms with Crippen LogP contribution in [-0.2, 0) is 4.79 Å². The van der Waals surface area contributed by atoms with Crippen molar-refractivity contribution in [3.05, 3.63) is 42.3 Å². The van der Waals surface area contributed by atoms with Gasteiger partial charge in [-0.2, -0.15) is 5.10 Å². The van der Waals surface area contributed by atoms with E-state index in [1.165, 1.54) is 25.3 Å². The van der Waals surface area contributed by atoms with E-state index in [1.807, 2.05) is 0 Å². The fourth-order valence-corrected chi connectivity index (χ4v) is 2.15. The number of H-pyrrole nitrogens is 1. The molecular formula is C15H11FN2O3. The third-order valence-electron chi connectivity index (χ3n) is 3.04. The summed E-state index contributed by atoms with van der Waals surface area (Å²) in [5, 5.41) is 16.6. The second kappa shape index (κ2) is 4.90. The summed E-state index contributed by atoms with van der Waals surface area (Å²) in [6.07, 6.45) is 1.53. The average Bonchev–Trinajstić information content (AvgIpc) is 2.86. The minimum atomic E-state index is -0.567. The predicted octanol–water partition coefficient (Wildman–Crippen LogP) is 3.00. The first-order valence-corrected chi connectivity index (χ1v) is 6.19. The monoisotopic (exact) mass is 286 g/mol. The highest BCUT2D eigenvalue weighted by Gasteiger charge is 2.13. The number of nitrogens with one attached hydrogen (secondary N) is 1. The Bertz CT molecular complexity index is 842. The summed E-state index contributed by atoms with van der Waals surface area (Å²) in [5.41, 5.74) is 1.43. The number of rotatable bonds is 2. The Kier molecular flexibility index (Phi) is 3.06. The first-order chi connectivity index (χ1) is 10.0. The number of phenols is 1. The van der Waals surface area contributed by atoms with Gasteiger partial charge in [-0.05, 0) is 29.8 Å². The van der Waals surface area contributed by atoms with Crippen molar-refractivity contribution in [3.63, 3.8) is 0 Å². The largest absolute Gasteiger partial charge is 0.508 e. The van der Waals surface area contributed by atoms with Crippen molar-refractivity contribution in [1.29, 1.82) is 0 Å². The smallest absolute Gasteiger partial charge is 0.308 e. The standard InChI is InChI=1S/C15H11FN2O3/c1-8(19)21-15-5-9(4-14-12(15)7-17-18-14)11-3-2-10(20)6-13(11)16/h2-7,20H,1H3,(H,17,18). The minimum absolute atomic E-state index is 0.154. The van der Waals surface area contributed by atoms with E-state index in [0.717, 1.165) is 6.07 Å². The van der Waals surface area contributed by atoms with Crippen LogP contribution < -0.4 is 4.74 Å². The quantitative estimate of drug-likeness (QED) is 0.561. The van der Waals surface area contributed by atoms with Gasteiger partial charge in [0, 0.05) is 18.6 Å². The molecule has 0 unspecified atom stereocenters. The van der Waals surface area contributed by atoms with Gasteiger partial charge in [0.25, 0.3) is 0 Å². The van der Waals surface area contributed by atoms with Crippen molar-refractivity contribution in [2.24, 2.45) is 0 Å². The van der Waals surface area contributed by atoms with Crippen LogP contribution in [-0.4, -0.2) is 21.3 Å². The zero-order valence-electron chi connectivity index (χ0n) is 11.1. The van der Waals surface area contributed by atoms with Crippen molar-refractivity contribution in [1.82, 2.24) is 10.2 Å². The highest BCUT2D eigenvalue weighted by Crippen LogP contribution is 2.33. The Morgan fingerprint density at radius 2 is 2.14 bits per heavy atom. The lowest BCUT2D eigenvalue weighted by atomic mass is 10.0. The fourth-order valence-electron chi connectivity index (χ4n) is 2.15. The lowest BCUT2D eigenvalue weighted by molar-refractivity contribution is -0.131. The third kappa shape index (κ3) is 2.43. The molecule has 0 aliphatic heterocycles. The maximum absolute atomic E-state index is 14.0. The van der Waals surface area contributed by atoms with Crippen LogP contribution in [0.3, 0.4) is 0 Å². The number of aromatic amines is 1. The molecule has 0 amide bonds. The number of esters is 1. The Labute approximate surface area is 119 Å². The van der Waals surface area contributed by atoms with Gasteiger partial charge in [-0.25, -0.2) is 4.39 Å². The van der Waals surface area contributed by atoms with Crippen LogP contribution in [0.2, 0.25) is 0 Å². The number of phenolic OH excluding ortho intramolecular Hbond substituents is 1. The number of fused-ring (bicyclic) bond motifs is 1. The second-order valence-electron chi connectivity index (χ2n) is 4.56. The molecule has 1 aromatic heterocycles. The number of halogens is 1. The SMILES string of the molecule is CC(=O)Oc1cc(-c2ccc(O)cc2F)cc2[nH]ncc12. The van der Waals surface area contributed by atoms with Gasteiger partial charge < -0.3 is 9.84 Å². The Morgan fingerprint density at radius 3 is 2.86 bits per heavy atom. The van der Waals surface area contributed by atoms with Crippen LogP contribution in [0.25, 0.3) is 22.0 Å². The van der Waals surface area contributed by atoms with Gasteiger partial charge in [0.15, 0.2) is 0 Å². The summed E-state index contributed by atoms with van der Waals surface area (Å²) in [5.74, 6) is -0.890. The number of aromatic hydroxyl groups is 1. The van der Waals surface area contributed by atoms with Crippen LogP contribution >= 0.6 is 0 Å². The van der Waals surface area contributed by atoms with E-state index in [4.69, 9.17) is 4.74 Å². The van der Waals surface area contributed by atoms with Crippen LogP contribution in [0.4, 0.5) is 4.39 Å². The van der Waals surface area contributed by atoms with E-state index in [-0.39, 0.29) is 11.3 Å². The van der Waals surface area contributed by atoms with E-state index in [0.29, 0.717) is 22.2 Å². The number of nitrogens with zero attached hydrogens (tertiary/aromatic N) is 1. The maximum Gasteiger partial charge on any atom is 0.308 e. The van der Waals surface area contributed by atoms with Crippen molar-refractivity contribution in [3.8, 4) is 22.6 Å². The number of benzene rings is 2. The summed E-state index contributed by atoms with van der Waals surface area (Å²) in [7, 11) is 0. The molecule has 0 bridgehead atoms. The van der Waals surface area contributed by atoms with Gasteiger partial charge in [-0.3, -0.25) is 9.89 Å². The van der Waals surface area contributed by atoms with Crippen LogP contribution in [0, 0.1) is 5.82 Å².